The number of hydrogen-bond acceptors (Lipinski definition) is 1. The van der Waals surface area contributed by atoms with E-state index in [4.69, 9.17) is 0 Å². The molecule has 0 aliphatic heterocycles. The lowest BCUT2D eigenvalue weighted by Gasteiger charge is -2.11. The second kappa shape index (κ2) is 3.59. The van der Waals surface area contributed by atoms with Crippen molar-refractivity contribution in [2.24, 2.45) is 0 Å². The van der Waals surface area contributed by atoms with Crippen molar-refractivity contribution in [3.05, 3.63) is 34.1 Å². The predicted octanol–water partition coefficient (Wildman–Crippen LogP) is 2.87. The molecule has 0 atom stereocenters. The van der Waals surface area contributed by atoms with Crippen molar-refractivity contribution in [3.8, 4) is 0 Å². The molecule has 15 heavy (non-hydrogen) atoms. The van der Waals surface area contributed by atoms with Crippen LogP contribution in [0.25, 0.3) is 0 Å². The summed E-state index contributed by atoms with van der Waals surface area (Å²) in [5, 5.41) is 2.81. The Morgan fingerprint density at radius 1 is 1.53 bits per heavy atom. The van der Waals surface area contributed by atoms with Crippen LogP contribution in [0.1, 0.15) is 30.1 Å². The summed E-state index contributed by atoms with van der Waals surface area (Å²) in [6, 6.07) is 4.44. The van der Waals surface area contributed by atoms with Gasteiger partial charge < -0.3 is 5.32 Å². The van der Waals surface area contributed by atoms with Gasteiger partial charge in [0.2, 0.25) is 0 Å². The van der Waals surface area contributed by atoms with E-state index < -0.39 is 5.82 Å². The molecule has 1 aliphatic rings. The van der Waals surface area contributed by atoms with Crippen LogP contribution < -0.4 is 5.32 Å². The summed E-state index contributed by atoms with van der Waals surface area (Å²) in [5.41, 5.74) is -0.0114. The summed E-state index contributed by atoms with van der Waals surface area (Å²) >= 11 is 3.15. The summed E-state index contributed by atoms with van der Waals surface area (Å²) in [6.07, 6.45) is 1.94. The van der Waals surface area contributed by atoms with E-state index in [-0.39, 0.29) is 17.0 Å². The van der Waals surface area contributed by atoms with E-state index in [0.717, 1.165) is 12.8 Å². The molecule has 1 amide bonds. The fourth-order valence-corrected chi connectivity index (χ4v) is 1.66. The van der Waals surface area contributed by atoms with E-state index in [2.05, 4.69) is 21.2 Å². The van der Waals surface area contributed by atoms with Crippen LogP contribution in [0.4, 0.5) is 4.39 Å². The van der Waals surface area contributed by atoms with E-state index in [1.807, 2.05) is 6.92 Å². The average Bonchev–Trinajstić information content (AvgIpc) is 2.82. The smallest absolute Gasteiger partial charge is 0.254 e. The third kappa shape index (κ3) is 2.37. The molecule has 2 rings (SSSR count). The Labute approximate surface area is 96.0 Å². The van der Waals surface area contributed by atoms with Crippen molar-refractivity contribution < 1.29 is 9.18 Å². The number of amides is 1. The molecule has 80 valence electrons. The molecular formula is C11H11BrFNO. The lowest BCUT2D eigenvalue weighted by molar-refractivity contribution is 0.0931. The molecule has 2 nitrogen and oxygen atoms in total. The van der Waals surface area contributed by atoms with E-state index >= 15 is 0 Å². The molecule has 1 fully saturated rings. The van der Waals surface area contributed by atoms with Crippen LogP contribution in [0.2, 0.25) is 0 Å². The number of carbonyl (C=O) groups excluding carboxylic acids is 1. The number of rotatable bonds is 2. The minimum absolute atomic E-state index is 0.103. The molecule has 1 aromatic rings. The monoisotopic (exact) mass is 271 g/mol. The summed E-state index contributed by atoms with van der Waals surface area (Å²) in [4.78, 5) is 11.7. The van der Waals surface area contributed by atoms with E-state index in [9.17, 15) is 9.18 Å². The van der Waals surface area contributed by atoms with Crippen molar-refractivity contribution in [2.75, 3.05) is 0 Å². The molecule has 0 heterocycles. The Kier molecular flexibility index (Phi) is 2.54. The van der Waals surface area contributed by atoms with Gasteiger partial charge in [0.15, 0.2) is 0 Å². The fourth-order valence-electron chi connectivity index (χ4n) is 1.33. The van der Waals surface area contributed by atoms with Gasteiger partial charge in [-0.15, -0.1) is 0 Å². The standard InChI is InChI=1S/C11H11BrFNO/c1-11(4-5-11)14-10(15)8-3-2-7(12)6-9(8)13/h2-3,6H,4-5H2,1H3,(H,14,15). The zero-order valence-electron chi connectivity index (χ0n) is 8.31. The molecule has 0 bridgehead atoms. The largest absolute Gasteiger partial charge is 0.347 e. The minimum atomic E-state index is -0.494. The quantitative estimate of drug-likeness (QED) is 0.881. The molecule has 0 saturated heterocycles. The molecule has 0 radical (unpaired) electrons. The molecule has 1 N–H and O–H groups in total. The Balaban J connectivity index is 2.18. The van der Waals surface area contributed by atoms with Crippen molar-refractivity contribution in [1.82, 2.24) is 5.32 Å². The first kappa shape index (κ1) is 10.6. The Bertz CT molecular complexity index is 415. The van der Waals surface area contributed by atoms with Crippen LogP contribution in [0.15, 0.2) is 22.7 Å². The topological polar surface area (TPSA) is 29.1 Å². The second-order valence-electron chi connectivity index (χ2n) is 4.14. The molecule has 1 aliphatic carbocycles. The van der Waals surface area contributed by atoms with E-state index in [0.29, 0.717) is 4.47 Å². The highest BCUT2D eigenvalue weighted by Gasteiger charge is 2.39. The van der Waals surface area contributed by atoms with Gasteiger partial charge >= 0.3 is 0 Å². The van der Waals surface area contributed by atoms with Gasteiger partial charge in [-0.05, 0) is 38.0 Å². The van der Waals surface area contributed by atoms with Crippen molar-refractivity contribution >= 4 is 21.8 Å². The number of carbonyl (C=O) groups is 1. The van der Waals surface area contributed by atoms with Crippen LogP contribution in [0.3, 0.4) is 0 Å². The zero-order valence-corrected chi connectivity index (χ0v) is 9.90. The van der Waals surface area contributed by atoms with E-state index in [1.54, 1.807) is 6.07 Å². The third-order valence-electron chi connectivity index (χ3n) is 2.59. The minimum Gasteiger partial charge on any atom is -0.347 e. The molecule has 0 spiro atoms. The first-order valence-corrected chi connectivity index (χ1v) is 5.57. The Morgan fingerprint density at radius 3 is 2.73 bits per heavy atom. The zero-order chi connectivity index (χ0) is 11.1. The normalized spacial score (nSPS) is 17.3. The van der Waals surface area contributed by atoms with Gasteiger partial charge in [0.25, 0.3) is 5.91 Å². The van der Waals surface area contributed by atoms with Gasteiger partial charge in [-0.25, -0.2) is 4.39 Å². The molecule has 0 unspecified atom stereocenters. The number of benzene rings is 1. The van der Waals surface area contributed by atoms with Crippen molar-refractivity contribution in [2.45, 2.75) is 25.3 Å². The van der Waals surface area contributed by atoms with Crippen LogP contribution >= 0.6 is 15.9 Å². The number of hydrogen-bond donors (Lipinski definition) is 1. The van der Waals surface area contributed by atoms with Crippen molar-refractivity contribution in [3.63, 3.8) is 0 Å². The molecule has 1 aromatic carbocycles. The second-order valence-corrected chi connectivity index (χ2v) is 5.05. The SMILES string of the molecule is CC1(NC(=O)c2ccc(Br)cc2F)CC1. The highest BCUT2D eigenvalue weighted by molar-refractivity contribution is 9.10. The van der Waals surface area contributed by atoms with Crippen LogP contribution in [0, 0.1) is 5.82 Å². The van der Waals surface area contributed by atoms with Gasteiger partial charge in [0.05, 0.1) is 5.56 Å². The van der Waals surface area contributed by atoms with E-state index in [1.165, 1.54) is 12.1 Å². The molecule has 0 aromatic heterocycles. The summed E-state index contributed by atoms with van der Waals surface area (Å²) in [5.74, 6) is -0.828. The number of halogens is 2. The van der Waals surface area contributed by atoms with Gasteiger partial charge in [-0.2, -0.15) is 0 Å². The van der Waals surface area contributed by atoms with Crippen LogP contribution in [-0.2, 0) is 0 Å². The summed E-state index contributed by atoms with van der Waals surface area (Å²) in [6.45, 7) is 1.96. The molecule has 4 heteroatoms. The highest BCUT2D eigenvalue weighted by Crippen LogP contribution is 2.34. The average molecular weight is 272 g/mol. The lowest BCUT2D eigenvalue weighted by atomic mass is 10.2. The van der Waals surface area contributed by atoms with Crippen LogP contribution in [0.5, 0.6) is 0 Å². The van der Waals surface area contributed by atoms with Gasteiger partial charge in [0.1, 0.15) is 5.82 Å². The molecule has 1 saturated carbocycles. The Morgan fingerprint density at radius 2 is 2.20 bits per heavy atom. The predicted molar refractivity (Wildman–Crippen MR) is 59.2 cm³/mol. The first-order chi connectivity index (χ1) is 7.00. The maximum Gasteiger partial charge on any atom is 0.254 e. The van der Waals surface area contributed by atoms with Crippen LogP contribution in [-0.4, -0.2) is 11.4 Å². The van der Waals surface area contributed by atoms with Gasteiger partial charge in [-0.1, -0.05) is 15.9 Å². The summed E-state index contributed by atoms with van der Waals surface area (Å²) < 4.78 is 14.0. The Hall–Kier alpha value is -0.900. The summed E-state index contributed by atoms with van der Waals surface area (Å²) in [7, 11) is 0. The first-order valence-electron chi connectivity index (χ1n) is 4.78. The lowest BCUT2D eigenvalue weighted by Crippen LogP contribution is -2.34. The van der Waals surface area contributed by atoms with Crippen molar-refractivity contribution in [1.29, 1.82) is 0 Å². The molecular weight excluding hydrogens is 261 g/mol. The third-order valence-corrected chi connectivity index (χ3v) is 3.08. The maximum atomic E-state index is 13.4. The van der Waals surface area contributed by atoms with Gasteiger partial charge in [-0.3, -0.25) is 4.79 Å². The van der Waals surface area contributed by atoms with Gasteiger partial charge in [0, 0.05) is 10.0 Å². The maximum absolute atomic E-state index is 13.4. The fraction of sp³-hybridized carbons (Fsp3) is 0.364. The number of nitrogens with one attached hydrogen (secondary N) is 1. The highest BCUT2D eigenvalue weighted by atomic mass is 79.9.